The monoisotopic (exact) mass is 336 g/mol. The maximum atomic E-state index is 13.4. The first kappa shape index (κ1) is 14.2. The number of benzene rings is 2. The van der Waals surface area contributed by atoms with Gasteiger partial charge in [-0.05, 0) is 54.0 Å². The largest absolute Gasteiger partial charge is 0.454 e. The minimum absolute atomic E-state index is 0.200. The molecular formula is C19H13FN2O3. The van der Waals surface area contributed by atoms with E-state index >= 15 is 0 Å². The SMILES string of the molecule is O=c1c2cc(F)ccc2nc2n1CC/C2=C\c1ccc2c(c1)OCO2. The van der Waals surface area contributed by atoms with Crippen molar-refractivity contribution in [2.24, 2.45) is 0 Å². The maximum absolute atomic E-state index is 13.4. The third-order valence-electron chi connectivity index (χ3n) is 4.55. The zero-order valence-corrected chi connectivity index (χ0v) is 13.2. The van der Waals surface area contributed by atoms with Crippen molar-refractivity contribution in [3.8, 4) is 11.5 Å². The third kappa shape index (κ3) is 2.21. The lowest BCUT2D eigenvalue weighted by atomic mass is 10.1. The molecule has 6 heteroatoms. The second kappa shape index (κ2) is 5.17. The molecule has 5 nitrogen and oxygen atoms in total. The molecule has 0 fully saturated rings. The van der Waals surface area contributed by atoms with Gasteiger partial charge in [0.25, 0.3) is 5.56 Å². The summed E-state index contributed by atoms with van der Waals surface area (Å²) in [6, 6.07) is 9.83. The average molecular weight is 336 g/mol. The molecule has 3 aromatic rings. The van der Waals surface area contributed by atoms with Crippen molar-refractivity contribution in [3.63, 3.8) is 0 Å². The zero-order chi connectivity index (χ0) is 17.0. The van der Waals surface area contributed by atoms with Crippen LogP contribution in [0.5, 0.6) is 11.5 Å². The third-order valence-corrected chi connectivity index (χ3v) is 4.55. The van der Waals surface area contributed by atoms with Crippen molar-refractivity contribution in [3.05, 3.63) is 64.0 Å². The molecule has 2 aromatic carbocycles. The van der Waals surface area contributed by atoms with Crippen LogP contribution in [0.3, 0.4) is 0 Å². The number of fused-ring (bicyclic) bond motifs is 3. The first-order valence-electron chi connectivity index (χ1n) is 8.00. The Morgan fingerprint density at radius 1 is 1.12 bits per heavy atom. The Kier molecular flexibility index (Phi) is 2.94. The van der Waals surface area contributed by atoms with Gasteiger partial charge in [-0.1, -0.05) is 6.07 Å². The van der Waals surface area contributed by atoms with Gasteiger partial charge in [0.15, 0.2) is 11.5 Å². The molecule has 0 N–H and O–H groups in total. The molecule has 3 heterocycles. The number of aromatic nitrogens is 2. The summed E-state index contributed by atoms with van der Waals surface area (Å²) in [6.45, 7) is 0.779. The van der Waals surface area contributed by atoms with Gasteiger partial charge in [0.2, 0.25) is 6.79 Å². The number of halogens is 1. The molecular weight excluding hydrogens is 323 g/mol. The van der Waals surface area contributed by atoms with E-state index < -0.39 is 5.82 Å². The van der Waals surface area contributed by atoms with Crippen LogP contribution < -0.4 is 15.0 Å². The topological polar surface area (TPSA) is 53.4 Å². The molecule has 5 rings (SSSR count). The summed E-state index contributed by atoms with van der Waals surface area (Å²) in [5, 5.41) is 0.313. The molecule has 0 amide bonds. The normalized spacial score (nSPS) is 16.6. The van der Waals surface area contributed by atoms with Gasteiger partial charge in [-0.3, -0.25) is 9.36 Å². The van der Waals surface area contributed by atoms with Crippen molar-refractivity contribution in [2.45, 2.75) is 13.0 Å². The molecule has 0 atom stereocenters. The van der Waals surface area contributed by atoms with Crippen LogP contribution in [0.4, 0.5) is 4.39 Å². The predicted octanol–water partition coefficient (Wildman–Crippen LogP) is 3.21. The molecule has 0 bridgehead atoms. The van der Waals surface area contributed by atoms with Crippen LogP contribution in [0.15, 0.2) is 41.2 Å². The minimum atomic E-state index is -0.430. The van der Waals surface area contributed by atoms with Crippen molar-refractivity contribution in [1.82, 2.24) is 9.55 Å². The van der Waals surface area contributed by atoms with E-state index in [4.69, 9.17) is 9.47 Å². The lowest BCUT2D eigenvalue weighted by Gasteiger charge is -2.06. The number of nitrogens with zero attached hydrogens (tertiary/aromatic N) is 2. The summed E-state index contributed by atoms with van der Waals surface area (Å²) in [5.74, 6) is 1.66. The number of hydrogen-bond acceptors (Lipinski definition) is 4. The highest BCUT2D eigenvalue weighted by Gasteiger charge is 2.21. The van der Waals surface area contributed by atoms with Crippen molar-refractivity contribution in [2.75, 3.05) is 6.79 Å². The Morgan fingerprint density at radius 3 is 2.92 bits per heavy atom. The van der Waals surface area contributed by atoms with E-state index in [9.17, 15) is 9.18 Å². The van der Waals surface area contributed by atoms with Gasteiger partial charge >= 0.3 is 0 Å². The summed E-state index contributed by atoms with van der Waals surface area (Å²) >= 11 is 0. The van der Waals surface area contributed by atoms with Crippen LogP contribution in [0, 0.1) is 5.82 Å². The van der Waals surface area contributed by atoms with Crippen LogP contribution >= 0.6 is 0 Å². The van der Waals surface area contributed by atoms with Gasteiger partial charge < -0.3 is 9.47 Å². The van der Waals surface area contributed by atoms with Gasteiger partial charge in [-0.15, -0.1) is 0 Å². The molecule has 2 aliphatic rings. The van der Waals surface area contributed by atoms with Crippen LogP contribution in [0.1, 0.15) is 17.8 Å². The Balaban J connectivity index is 1.64. The molecule has 2 aliphatic heterocycles. The van der Waals surface area contributed by atoms with Crippen LogP contribution in [-0.4, -0.2) is 16.3 Å². The Labute approximate surface area is 141 Å². The van der Waals surface area contributed by atoms with E-state index in [1.165, 1.54) is 12.1 Å². The summed E-state index contributed by atoms with van der Waals surface area (Å²) in [6.07, 6.45) is 2.71. The van der Waals surface area contributed by atoms with Gasteiger partial charge in [0.05, 0.1) is 10.9 Å². The van der Waals surface area contributed by atoms with Crippen LogP contribution in [0.2, 0.25) is 0 Å². The highest BCUT2D eigenvalue weighted by Crippen LogP contribution is 2.34. The first-order valence-corrected chi connectivity index (χ1v) is 8.00. The van der Waals surface area contributed by atoms with Gasteiger partial charge in [0, 0.05) is 6.54 Å². The average Bonchev–Trinajstić information content (AvgIpc) is 3.23. The molecule has 0 radical (unpaired) electrons. The van der Waals surface area contributed by atoms with Crippen molar-refractivity contribution >= 4 is 22.6 Å². The van der Waals surface area contributed by atoms with Gasteiger partial charge in [-0.25, -0.2) is 9.37 Å². The Hall–Kier alpha value is -3.15. The smallest absolute Gasteiger partial charge is 0.261 e. The van der Waals surface area contributed by atoms with E-state index in [0.29, 0.717) is 35.4 Å². The quantitative estimate of drug-likeness (QED) is 0.685. The molecule has 0 saturated heterocycles. The number of allylic oxidation sites excluding steroid dienone is 1. The second-order valence-corrected chi connectivity index (χ2v) is 6.09. The van der Waals surface area contributed by atoms with Crippen LogP contribution in [-0.2, 0) is 6.54 Å². The van der Waals surface area contributed by atoms with Gasteiger partial charge in [-0.2, -0.15) is 0 Å². The number of ether oxygens (including phenoxy) is 2. The standard InChI is InChI=1S/C19H13FN2O3/c20-13-2-3-15-14(9-13)19(23)22-6-5-12(18(22)21-15)7-11-1-4-16-17(8-11)25-10-24-16/h1-4,7-9H,5-6,10H2/b12-7+. The highest BCUT2D eigenvalue weighted by atomic mass is 19.1. The second-order valence-electron chi connectivity index (χ2n) is 6.09. The fraction of sp³-hybridized carbons (Fsp3) is 0.158. The summed E-state index contributed by atoms with van der Waals surface area (Å²) in [4.78, 5) is 17.2. The number of rotatable bonds is 1. The van der Waals surface area contributed by atoms with E-state index in [-0.39, 0.29) is 12.4 Å². The van der Waals surface area contributed by atoms with Crippen LogP contribution in [0.25, 0.3) is 22.6 Å². The van der Waals surface area contributed by atoms with E-state index in [1.807, 2.05) is 24.3 Å². The fourth-order valence-electron chi connectivity index (χ4n) is 3.33. The van der Waals surface area contributed by atoms with E-state index in [1.54, 1.807) is 10.6 Å². The predicted molar refractivity (Wildman–Crippen MR) is 91.0 cm³/mol. The lowest BCUT2D eigenvalue weighted by Crippen LogP contribution is -2.20. The zero-order valence-electron chi connectivity index (χ0n) is 13.2. The Bertz CT molecular complexity index is 1120. The molecule has 25 heavy (non-hydrogen) atoms. The minimum Gasteiger partial charge on any atom is -0.454 e. The highest BCUT2D eigenvalue weighted by molar-refractivity contribution is 5.85. The first-order chi connectivity index (χ1) is 12.2. The van der Waals surface area contributed by atoms with E-state index in [0.717, 1.165) is 16.9 Å². The van der Waals surface area contributed by atoms with Crippen molar-refractivity contribution in [1.29, 1.82) is 0 Å². The number of hydrogen-bond donors (Lipinski definition) is 0. The lowest BCUT2D eigenvalue weighted by molar-refractivity contribution is 0.174. The fourth-order valence-corrected chi connectivity index (χ4v) is 3.33. The summed E-state index contributed by atoms with van der Waals surface area (Å²) in [5.41, 5.74) is 2.24. The van der Waals surface area contributed by atoms with Crippen molar-refractivity contribution < 1.29 is 13.9 Å². The summed E-state index contributed by atoms with van der Waals surface area (Å²) < 4.78 is 25.8. The summed E-state index contributed by atoms with van der Waals surface area (Å²) in [7, 11) is 0. The van der Waals surface area contributed by atoms with E-state index in [2.05, 4.69) is 4.98 Å². The molecule has 0 saturated carbocycles. The maximum Gasteiger partial charge on any atom is 0.261 e. The molecule has 124 valence electrons. The Morgan fingerprint density at radius 2 is 2.00 bits per heavy atom. The molecule has 0 spiro atoms. The molecule has 1 aromatic heterocycles. The molecule has 0 aliphatic carbocycles. The van der Waals surface area contributed by atoms with Gasteiger partial charge in [0.1, 0.15) is 11.6 Å². The molecule has 0 unspecified atom stereocenters.